The van der Waals surface area contributed by atoms with Crippen LogP contribution >= 0.6 is 11.8 Å². The number of nitrogens with one attached hydrogen (secondary N) is 1. The van der Waals surface area contributed by atoms with Crippen molar-refractivity contribution in [3.63, 3.8) is 0 Å². The van der Waals surface area contributed by atoms with Crippen LogP contribution in [-0.4, -0.2) is 29.7 Å². The van der Waals surface area contributed by atoms with Crippen LogP contribution in [0.25, 0.3) is 0 Å². The van der Waals surface area contributed by atoms with Crippen LogP contribution in [0.2, 0.25) is 0 Å². The molecule has 2 amide bonds. The van der Waals surface area contributed by atoms with Crippen LogP contribution in [0.1, 0.15) is 19.3 Å². The summed E-state index contributed by atoms with van der Waals surface area (Å²) < 4.78 is 0. The summed E-state index contributed by atoms with van der Waals surface area (Å²) in [6.07, 6.45) is 4.88. The highest BCUT2D eigenvalue weighted by Crippen LogP contribution is 2.46. The summed E-state index contributed by atoms with van der Waals surface area (Å²) in [6, 6.07) is 0.0438. The predicted octanol–water partition coefficient (Wildman–Crippen LogP) is 0.869. The molecule has 2 aliphatic heterocycles. The second kappa shape index (κ2) is 4.10. The third-order valence-corrected chi connectivity index (χ3v) is 4.58. The lowest BCUT2D eigenvalue weighted by atomic mass is 9.87. The van der Waals surface area contributed by atoms with E-state index >= 15 is 0 Å². The summed E-state index contributed by atoms with van der Waals surface area (Å²) in [4.78, 5) is 31.4. The average Bonchev–Trinajstić information content (AvgIpc) is 2.70. The number of carbonyl (C=O) groups excluding carboxylic acids is 2. The molecule has 1 aliphatic carbocycles. The van der Waals surface area contributed by atoms with E-state index in [1.807, 2.05) is 0 Å². The molecule has 5 nitrogen and oxygen atoms in total. The van der Waals surface area contributed by atoms with E-state index in [4.69, 9.17) is 0 Å². The van der Waals surface area contributed by atoms with E-state index < -0.39 is 0 Å². The van der Waals surface area contributed by atoms with Gasteiger partial charge in [0.2, 0.25) is 6.41 Å². The van der Waals surface area contributed by atoms with Gasteiger partial charge in [0.05, 0.1) is 11.1 Å². The molecule has 0 spiro atoms. The molecule has 2 unspecified atom stereocenters. The minimum Gasteiger partial charge on any atom is -0.351 e. The summed E-state index contributed by atoms with van der Waals surface area (Å²) in [5.74, 6) is -0.393. The molecule has 6 heteroatoms. The molecule has 0 saturated carbocycles. The van der Waals surface area contributed by atoms with Crippen molar-refractivity contribution >= 4 is 35.5 Å². The lowest BCUT2D eigenvalue weighted by Crippen LogP contribution is -2.31. The van der Waals surface area contributed by atoms with Crippen molar-refractivity contribution in [1.82, 2.24) is 5.32 Å². The summed E-state index contributed by atoms with van der Waals surface area (Å²) in [5, 5.41) is 3.63. The Kier molecular flexibility index (Phi) is 2.58. The van der Waals surface area contributed by atoms with E-state index in [0.717, 1.165) is 41.2 Å². The van der Waals surface area contributed by atoms with Gasteiger partial charge in [-0.1, -0.05) is 11.8 Å². The first-order valence-corrected chi connectivity index (χ1v) is 6.37. The van der Waals surface area contributed by atoms with Gasteiger partial charge >= 0.3 is 0 Å². The maximum absolute atomic E-state index is 11.8. The van der Waals surface area contributed by atoms with Crippen molar-refractivity contribution in [2.24, 2.45) is 15.9 Å². The van der Waals surface area contributed by atoms with Gasteiger partial charge in [-0.2, -0.15) is 0 Å². The van der Waals surface area contributed by atoms with E-state index in [-0.39, 0.29) is 17.9 Å². The number of aliphatic imine (C=N–C) groups is 2. The Balaban J connectivity index is 1.97. The average molecular weight is 249 g/mol. The van der Waals surface area contributed by atoms with Crippen LogP contribution in [0, 0.1) is 5.92 Å². The first-order valence-electron chi connectivity index (χ1n) is 5.56. The topological polar surface area (TPSA) is 70.9 Å². The minimum atomic E-state index is -0.267. The normalized spacial score (nSPS) is 30.8. The van der Waals surface area contributed by atoms with Gasteiger partial charge in [-0.15, -0.1) is 0 Å². The summed E-state index contributed by atoms with van der Waals surface area (Å²) in [6.45, 7) is 0. The molecule has 1 N–H and O–H groups in total. The lowest BCUT2D eigenvalue weighted by molar-refractivity contribution is -0.118. The first-order chi connectivity index (χ1) is 8.31. The molecule has 2 heterocycles. The van der Waals surface area contributed by atoms with Gasteiger partial charge < -0.3 is 5.32 Å². The van der Waals surface area contributed by atoms with Crippen LogP contribution in [0.4, 0.5) is 0 Å². The highest BCUT2D eigenvalue weighted by Gasteiger charge is 2.42. The zero-order valence-electron chi connectivity index (χ0n) is 9.05. The van der Waals surface area contributed by atoms with Gasteiger partial charge in [-0.3, -0.25) is 9.59 Å². The minimum absolute atomic E-state index is 0.0438. The van der Waals surface area contributed by atoms with Crippen LogP contribution in [0.15, 0.2) is 20.5 Å². The number of hydrogen-bond acceptors (Lipinski definition) is 4. The van der Waals surface area contributed by atoms with Crippen molar-refractivity contribution in [2.75, 3.05) is 0 Å². The molecule has 0 radical (unpaired) electrons. The van der Waals surface area contributed by atoms with Gasteiger partial charge in [0, 0.05) is 4.91 Å². The molecule has 0 aromatic heterocycles. The van der Waals surface area contributed by atoms with Crippen LogP contribution in [0.5, 0.6) is 0 Å². The Hall–Kier alpha value is -1.43. The molecule has 0 aromatic rings. The molecular weight excluding hydrogens is 238 g/mol. The molecule has 88 valence electrons. The molecule has 3 rings (SSSR count). The largest absolute Gasteiger partial charge is 0.351 e. The fraction of sp³-hybridized carbons (Fsp3) is 0.455. The summed E-state index contributed by atoms with van der Waals surface area (Å²) in [5.41, 5.74) is 1.11. The zero-order valence-corrected chi connectivity index (χ0v) is 9.87. The maximum Gasteiger partial charge on any atom is 0.261 e. The standard InChI is InChI=1S/C11H11N3O2S/c15-5-14-7-3-1-2-6-8-10(16)12-4-13-11(8)17-9(6)7/h4-5,7-8H,1-3H2,(H,14,15). The highest BCUT2D eigenvalue weighted by molar-refractivity contribution is 8.17. The molecular formula is C11H11N3O2S. The Morgan fingerprint density at radius 3 is 3.24 bits per heavy atom. The SMILES string of the molecule is O=CNC1CCCC2=C1SC1=NC=NC(=O)C12. The van der Waals surface area contributed by atoms with Crippen LogP contribution < -0.4 is 5.32 Å². The van der Waals surface area contributed by atoms with Gasteiger partial charge in [-0.05, 0) is 24.8 Å². The number of thioether (sulfide) groups is 1. The smallest absolute Gasteiger partial charge is 0.261 e. The first kappa shape index (κ1) is 10.7. The van der Waals surface area contributed by atoms with Crippen molar-refractivity contribution in [3.05, 3.63) is 10.5 Å². The number of rotatable bonds is 2. The number of hydrogen-bond donors (Lipinski definition) is 1. The third-order valence-electron chi connectivity index (χ3n) is 3.27. The molecule has 2 atom stereocenters. The summed E-state index contributed by atoms with van der Waals surface area (Å²) >= 11 is 1.53. The second-order valence-electron chi connectivity index (χ2n) is 4.20. The zero-order chi connectivity index (χ0) is 11.8. The maximum atomic E-state index is 11.8. The number of nitrogens with zero attached hydrogens (tertiary/aromatic N) is 2. The van der Waals surface area contributed by atoms with Gasteiger partial charge in [0.25, 0.3) is 5.91 Å². The number of amides is 2. The molecule has 0 fully saturated rings. The Labute approximate surface area is 102 Å². The monoisotopic (exact) mass is 249 g/mol. The molecule has 0 bridgehead atoms. The van der Waals surface area contributed by atoms with Crippen molar-refractivity contribution in [2.45, 2.75) is 25.3 Å². The quantitative estimate of drug-likeness (QED) is 0.738. The molecule has 0 aromatic carbocycles. The Morgan fingerprint density at radius 2 is 2.41 bits per heavy atom. The third kappa shape index (κ3) is 1.63. The molecule has 0 saturated heterocycles. The van der Waals surface area contributed by atoms with Gasteiger partial charge in [0.1, 0.15) is 12.3 Å². The Morgan fingerprint density at radius 1 is 1.53 bits per heavy atom. The summed E-state index contributed by atoms with van der Waals surface area (Å²) in [7, 11) is 0. The predicted molar refractivity (Wildman–Crippen MR) is 65.9 cm³/mol. The number of fused-ring (bicyclic) bond motifs is 2. The van der Waals surface area contributed by atoms with E-state index in [1.165, 1.54) is 18.1 Å². The van der Waals surface area contributed by atoms with Crippen molar-refractivity contribution in [3.8, 4) is 0 Å². The molecule has 17 heavy (non-hydrogen) atoms. The van der Waals surface area contributed by atoms with Crippen molar-refractivity contribution in [1.29, 1.82) is 0 Å². The van der Waals surface area contributed by atoms with E-state index in [0.29, 0.717) is 0 Å². The van der Waals surface area contributed by atoms with Crippen LogP contribution in [0.3, 0.4) is 0 Å². The van der Waals surface area contributed by atoms with Gasteiger partial charge in [0.15, 0.2) is 0 Å². The lowest BCUT2D eigenvalue weighted by Gasteiger charge is -2.24. The fourth-order valence-electron chi connectivity index (χ4n) is 2.53. The number of carbonyl (C=O) groups is 2. The van der Waals surface area contributed by atoms with Gasteiger partial charge in [-0.25, -0.2) is 9.98 Å². The second-order valence-corrected chi connectivity index (χ2v) is 5.27. The van der Waals surface area contributed by atoms with E-state index in [2.05, 4.69) is 15.3 Å². The molecule has 3 aliphatic rings. The van der Waals surface area contributed by atoms with Crippen LogP contribution in [-0.2, 0) is 9.59 Å². The van der Waals surface area contributed by atoms with E-state index in [1.54, 1.807) is 0 Å². The van der Waals surface area contributed by atoms with E-state index in [9.17, 15) is 9.59 Å². The fourth-order valence-corrected chi connectivity index (χ4v) is 3.90. The Bertz CT molecular complexity index is 481. The van der Waals surface area contributed by atoms with Crippen molar-refractivity contribution < 1.29 is 9.59 Å². The highest BCUT2D eigenvalue weighted by atomic mass is 32.2.